The number of esters is 1. The van der Waals surface area contributed by atoms with E-state index in [0.717, 1.165) is 15.4 Å². The zero-order valence-corrected chi connectivity index (χ0v) is 19.9. The molecule has 0 bridgehead atoms. The molecule has 12 heteroatoms. The second kappa shape index (κ2) is 13.8. The Bertz CT molecular complexity index is 724. The van der Waals surface area contributed by atoms with Gasteiger partial charge in [0, 0.05) is 9.75 Å². The standard InChI is InChI=1S/C8H10ClNO2S.C6H6ClNO2S.Na.H2O/c1-3-12-7(11)4-6-5(2)10-8(9)13-6;1-3-4(2-5(9)10)11-6(7)8-3;;/h3-4H2,1-2H3;2H2,1H3,(H,9,10);;1H2/q;;+1;/p-1. The summed E-state index contributed by atoms with van der Waals surface area (Å²) in [4.78, 5) is 30.8. The molecule has 2 aromatic rings. The van der Waals surface area contributed by atoms with E-state index in [-0.39, 0.29) is 53.8 Å². The van der Waals surface area contributed by atoms with Gasteiger partial charge in [-0.25, -0.2) is 9.97 Å². The molecular weight excluding hydrogens is 434 g/mol. The molecule has 0 unspecified atom stereocenters. The molecule has 2 rings (SSSR count). The van der Waals surface area contributed by atoms with Crippen LogP contribution in [0.25, 0.3) is 0 Å². The predicted molar refractivity (Wildman–Crippen MR) is 97.3 cm³/mol. The van der Waals surface area contributed by atoms with Crippen molar-refractivity contribution >= 4 is 57.8 Å². The number of rotatable bonds is 5. The minimum Gasteiger partial charge on any atom is -0.870 e. The smallest absolute Gasteiger partial charge is 0.870 e. The number of hydrogen-bond donors (Lipinski definition) is 1. The van der Waals surface area contributed by atoms with E-state index in [0.29, 0.717) is 21.2 Å². The maximum absolute atomic E-state index is 11.1. The first-order valence-corrected chi connectivity index (χ1v) is 9.22. The molecular formula is C14H17Cl2N2NaO5S2. The fourth-order valence-electron chi connectivity index (χ4n) is 1.59. The van der Waals surface area contributed by atoms with E-state index in [1.165, 1.54) is 22.7 Å². The molecule has 0 fully saturated rings. The number of halogens is 2. The summed E-state index contributed by atoms with van der Waals surface area (Å²) in [6.07, 6.45) is 0.278. The topological polar surface area (TPSA) is 119 Å². The Balaban J connectivity index is 0. The van der Waals surface area contributed by atoms with Crippen LogP contribution in [0, 0.1) is 13.8 Å². The number of carbonyl (C=O) groups is 2. The third-order valence-corrected chi connectivity index (χ3v) is 5.18. The molecule has 0 amide bonds. The van der Waals surface area contributed by atoms with Crippen LogP contribution in [0.1, 0.15) is 28.1 Å². The minimum absolute atomic E-state index is 0. The number of carboxylic acids is 1. The summed E-state index contributed by atoms with van der Waals surface area (Å²) in [5.74, 6) is -1.08. The van der Waals surface area contributed by atoms with Gasteiger partial charge in [0.05, 0.1) is 30.8 Å². The third kappa shape index (κ3) is 10.2. The van der Waals surface area contributed by atoms with Crippen LogP contribution >= 0.6 is 45.9 Å². The first-order valence-electron chi connectivity index (χ1n) is 6.83. The number of thiazole rings is 2. The van der Waals surface area contributed by atoms with E-state index in [4.69, 9.17) is 33.0 Å². The van der Waals surface area contributed by atoms with Crippen molar-refractivity contribution in [2.24, 2.45) is 0 Å². The summed E-state index contributed by atoms with van der Waals surface area (Å²) in [6.45, 7) is 5.77. The largest absolute Gasteiger partial charge is 1.00 e. The van der Waals surface area contributed by atoms with E-state index in [9.17, 15) is 9.59 Å². The molecule has 0 aliphatic rings. The van der Waals surface area contributed by atoms with E-state index < -0.39 is 5.97 Å². The van der Waals surface area contributed by atoms with Gasteiger partial charge in [-0.15, -0.1) is 22.7 Å². The van der Waals surface area contributed by atoms with Crippen molar-refractivity contribution in [3.63, 3.8) is 0 Å². The molecule has 140 valence electrons. The van der Waals surface area contributed by atoms with Crippen molar-refractivity contribution < 1.29 is 54.5 Å². The van der Waals surface area contributed by atoms with Crippen LogP contribution in [-0.2, 0) is 27.2 Å². The van der Waals surface area contributed by atoms with Gasteiger partial charge in [-0.2, -0.15) is 0 Å². The summed E-state index contributed by atoms with van der Waals surface area (Å²) < 4.78 is 5.68. The molecule has 0 spiro atoms. The molecule has 0 aliphatic carbocycles. The van der Waals surface area contributed by atoms with Crippen LogP contribution in [0.5, 0.6) is 0 Å². The van der Waals surface area contributed by atoms with Crippen molar-refractivity contribution in [2.75, 3.05) is 6.61 Å². The molecule has 0 aromatic carbocycles. The number of ether oxygens (including phenoxy) is 1. The van der Waals surface area contributed by atoms with Crippen molar-refractivity contribution in [3.05, 3.63) is 30.1 Å². The van der Waals surface area contributed by atoms with Gasteiger partial charge < -0.3 is 15.3 Å². The SMILES string of the molecule is CCOC(=O)Cc1sc(Cl)nc1C.Cc1nc(Cl)sc1CC(=O)O.[Na+].[OH-]. The average molecular weight is 451 g/mol. The molecule has 26 heavy (non-hydrogen) atoms. The first-order chi connectivity index (χ1) is 11.2. The van der Waals surface area contributed by atoms with Crippen LogP contribution in [0.15, 0.2) is 0 Å². The van der Waals surface area contributed by atoms with Gasteiger partial charge in [-0.3, -0.25) is 9.59 Å². The Morgan fingerprint density at radius 3 is 1.77 bits per heavy atom. The van der Waals surface area contributed by atoms with Crippen LogP contribution in [0.2, 0.25) is 8.93 Å². The van der Waals surface area contributed by atoms with Crippen LogP contribution in [0.3, 0.4) is 0 Å². The fourth-order valence-corrected chi connectivity index (χ4v) is 3.95. The third-order valence-electron chi connectivity index (χ3n) is 2.66. The number of nitrogens with zero attached hydrogens (tertiary/aromatic N) is 2. The van der Waals surface area contributed by atoms with Gasteiger partial charge >= 0.3 is 41.5 Å². The van der Waals surface area contributed by atoms with E-state index in [2.05, 4.69) is 9.97 Å². The minimum atomic E-state index is -0.853. The van der Waals surface area contributed by atoms with Crippen molar-refractivity contribution in [1.82, 2.24) is 9.97 Å². The fraction of sp³-hybridized carbons (Fsp3) is 0.429. The molecule has 7 nitrogen and oxygen atoms in total. The van der Waals surface area contributed by atoms with Crippen molar-refractivity contribution in [2.45, 2.75) is 33.6 Å². The maximum atomic E-state index is 11.1. The summed E-state index contributed by atoms with van der Waals surface area (Å²) in [7, 11) is 0. The van der Waals surface area contributed by atoms with Gasteiger partial charge in [-0.05, 0) is 20.8 Å². The average Bonchev–Trinajstić information content (AvgIpc) is 2.92. The zero-order chi connectivity index (χ0) is 18.3. The molecule has 2 N–H and O–H groups in total. The molecule has 0 saturated heterocycles. The molecule has 2 aromatic heterocycles. The summed E-state index contributed by atoms with van der Waals surface area (Å²) in [6, 6.07) is 0. The second-order valence-electron chi connectivity index (χ2n) is 4.50. The second-order valence-corrected chi connectivity index (χ2v) is 7.83. The summed E-state index contributed by atoms with van der Waals surface area (Å²) >= 11 is 13.8. The van der Waals surface area contributed by atoms with Gasteiger partial charge in [0.25, 0.3) is 0 Å². The normalized spacial score (nSPS) is 9.27. The monoisotopic (exact) mass is 450 g/mol. The Kier molecular flexibility index (Phi) is 14.9. The quantitative estimate of drug-likeness (QED) is 0.527. The van der Waals surface area contributed by atoms with Crippen LogP contribution in [0.4, 0.5) is 0 Å². The van der Waals surface area contributed by atoms with Crippen LogP contribution in [-0.4, -0.2) is 39.1 Å². The Hall–Kier alpha value is -0.260. The zero-order valence-electron chi connectivity index (χ0n) is 14.7. The van der Waals surface area contributed by atoms with E-state index >= 15 is 0 Å². The van der Waals surface area contributed by atoms with E-state index in [1.807, 2.05) is 6.92 Å². The molecule has 2 heterocycles. The van der Waals surface area contributed by atoms with Crippen molar-refractivity contribution in [1.29, 1.82) is 0 Å². The first kappa shape index (κ1) is 28.0. The number of carbonyl (C=O) groups excluding carboxylic acids is 1. The number of aromatic nitrogens is 2. The van der Waals surface area contributed by atoms with Gasteiger partial charge in [0.2, 0.25) is 0 Å². The number of aliphatic carboxylic acids is 1. The van der Waals surface area contributed by atoms with Gasteiger partial charge in [-0.1, -0.05) is 23.2 Å². The van der Waals surface area contributed by atoms with Gasteiger partial charge in [0.1, 0.15) is 0 Å². The molecule has 0 atom stereocenters. The van der Waals surface area contributed by atoms with Crippen molar-refractivity contribution in [3.8, 4) is 0 Å². The number of hydrogen-bond acceptors (Lipinski definition) is 8. The molecule has 0 radical (unpaired) electrons. The maximum Gasteiger partial charge on any atom is 1.00 e. The number of aryl methyl sites for hydroxylation is 2. The Labute approximate surface area is 191 Å². The predicted octanol–water partition coefficient (Wildman–Crippen LogP) is 0.770. The van der Waals surface area contributed by atoms with E-state index in [1.54, 1.807) is 13.8 Å². The molecule has 0 saturated carbocycles. The van der Waals surface area contributed by atoms with Gasteiger partial charge in [0.15, 0.2) is 8.93 Å². The Morgan fingerprint density at radius 2 is 1.46 bits per heavy atom. The number of carboxylic acid groups (broad SMARTS) is 1. The van der Waals surface area contributed by atoms with Crippen LogP contribution < -0.4 is 29.6 Å². The molecule has 0 aliphatic heterocycles. The summed E-state index contributed by atoms with van der Waals surface area (Å²) in [5.41, 5.74) is 1.52. The Morgan fingerprint density at radius 1 is 1.04 bits per heavy atom. The summed E-state index contributed by atoms with van der Waals surface area (Å²) in [5, 5.41) is 8.44.